The molecule has 0 aliphatic carbocycles. The highest BCUT2D eigenvalue weighted by Crippen LogP contribution is 2.23. The van der Waals surface area contributed by atoms with Gasteiger partial charge >= 0.3 is 0 Å². The van der Waals surface area contributed by atoms with Crippen LogP contribution in [-0.4, -0.2) is 20.2 Å². The third-order valence-electron chi connectivity index (χ3n) is 4.41. The minimum Gasteiger partial charge on any atom is -0.348 e. The predicted octanol–water partition coefficient (Wildman–Crippen LogP) is 4.06. The van der Waals surface area contributed by atoms with Crippen LogP contribution in [0.1, 0.15) is 29.8 Å². The number of thiophene rings is 1. The molecule has 0 radical (unpaired) electrons. The van der Waals surface area contributed by atoms with Crippen molar-refractivity contribution in [3.63, 3.8) is 0 Å². The van der Waals surface area contributed by atoms with E-state index in [1.165, 1.54) is 18.3 Å². The number of carbonyl (C=O) groups excluding carboxylic acids is 2. The second kappa shape index (κ2) is 9.76. The van der Waals surface area contributed by atoms with Crippen LogP contribution in [0.15, 0.2) is 70.9 Å². The molecule has 0 saturated heterocycles. The van der Waals surface area contributed by atoms with Crippen LogP contribution in [0.4, 0.5) is 11.4 Å². The molecule has 3 aromatic rings. The van der Waals surface area contributed by atoms with Crippen molar-refractivity contribution in [2.24, 2.45) is 0 Å². The molecule has 0 fully saturated rings. The van der Waals surface area contributed by atoms with E-state index in [-0.39, 0.29) is 23.1 Å². The van der Waals surface area contributed by atoms with Crippen LogP contribution in [0.3, 0.4) is 0 Å². The molecule has 7 nitrogen and oxygen atoms in total. The molecule has 9 heteroatoms. The normalized spacial score (nSPS) is 12.1. The lowest BCUT2D eigenvalue weighted by molar-refractivity contribution is -0.120. The van der Waals surface area contributed by atoms with E-state index in [0.29, 0.717) is 11.4 Å². The Kier molecular flexibility index (Phi) is 7.09. The minimum atomic E-state index is -3.69. The number of benzene rings is 2. The predicted molar refractivity (Wildman–Crippen MR) is 123 cm³/mol. The molecule has 1 aromatic heterocycles. The van der Waals surface area contributed by atoms with Crippen molar-refractivity contribution in [3.8, 4) is 0 Å². The minimum absolute atomic E-state index is 0.0852. The smallest absolute Gasteiger partial charge is 0.261 e. The van der Waals surface area contributed by atoms with Gasteiger partial charge in [-0.1, -0.05) is 23.8 Å². The van der Waals surface area contributed by atoms with Gasteiger partial charge in [0, 0.05) is 23.2 Å². The molecule has 1 heterocycles. The van der Waals surface area contributed by atoms with E-state index in [9.17, 15) is 18.0 Å². The highest BCUT2D eigenvalue weighted by atomic mass is 32.2. The average Bonchev–Trinajstić information content (AvgIpc) is 3.24. The first kappa shape index (κ1) is 22.5. The fourth-order valence-corrected chi connectivity index (χ4v) is 4.74. The summed E-state index contributed by atoms with van der Waals surface area (Å²) >= 11 is 1.47. The van der Waals surface area contributed by atoms with Crippen LogP contribution in [0, 0.1) is 6.92 Å². The van der Waals surface area contributed by atoms with Crippen molar-refractivity contribution in [2.45, 2.75) is 31.2 Å². The van der Waals surface area contributed by atoms with Crippen molar-refractivity contribution < 1.29 is 18.0 Å². The molecule has 3 rings (SSSR count). The number of sulfonamides is 1. The summed E-state index contributed by atoms with van der Waals surface area (Å²) in [4.78, 5) is 25.0. The van der Waals surface area contributed by atoms with Gasteiger partial charge in [-0.15, -0.1) is 11.3 Å². The Labute approximate surface area is 185 Å². The maximum absolute atomic E-state index is 12.5. The monoisotopic (exact) mass is 457 g/mol. The summed E-state index contributed by atoms with van der Waals surface area (Å²) in [5, 5.41) is 7.45. The molecule has 3 N–H and O–H groups in total. The molecule has 0 bridgehead atoms. The zero-order valence-corrected chi connectivity index (χ0v) is 18.7. The zero-order valence-electron chi connectivity index (χ0n) is 17.1. The lowest BCUT2D eigenvalue weighted by atomic mass is 10.1. The first-order valence-corrected chi connectivity index (χ1v) is 11.9. The van der Waals surface area contributed by atoms with Gasteiger partial charge in [-0.2, -0.15) is 0 Å². The van der Waals surface area contributed by atoms with Gasteiger partial charge in [0.05, 0.1) is 17.4 Å². The summed E-state index contributed by atoms with van der Waals surface area (Å²) in [7, 11) is -3.69. The van der Waals surface area contributed by atoms with E-state index in [1.54, 1.807) is 48.5 Å². The third kappa shape index (κ3) is 6.40. The largest absolute Gasteiger partial charge is 0.348 e. The summed E-state index contributed by atoms with van der Waals surface area (Å²) in [6, 6.07) is 16.3. The van der Waals surface area contributed by atoms with E-state index in [2.05, 4.69) is 15.4 Å². The second-order valence-corrected chi connectivity index (χ2v) is 9.68. The topological polar surface area (TPSA) is 104 Å². The molecular weight excluding hydrogens is 434 g/mol. The molecule has 0 saturated carbocycles. The van der Waals surface area contributed by atoms with Crippen molar-refractivity contribution in [1.82, 2.24) is 5.32 Å². The number of rotatable bonds is 8. The van der Waals surface area contributed by atoms with E-state index in [1.807, 2.05) is 24.4 Å². The number of aryl methyl sites for hydroxylation is 1. The Hall–Kier alpha value is -3.17. The maximum Gasteiger partial charge on any atom is 0.261 e. The number of nitrogens with one attached hydrogen (secondary N) is 3. The Morgan fingerprint density at radius 1 is 0.968 bits per heavy atom. The van der Waals surface area contributed by atoms with Gasteiger partial charge in [-0.3, -0.25) is 14.3 Å². The molecule has 0 aliphatic heterocycles. The third-order valence-corrected chi connectivity index (χ3v) is 6.79. The first-order chi connectivity index (χ1) is 14.7. The van der Waals surface area contributed by atoms with E-state index < -0.39 is 16.1 Å². The van der Waals surface area contributed by atoms with Crippen LogP contribution >= 0.6 is 11.3 Å². The Morgan fingerprint density at radius 3 is 2.19 bits per heavy atom. The summed E-state index contributed by atoms with van der Waals surface area (Å²) in [5.74, 6) is -0.475. The average molecular weight is 458 g/mol. The maximum atomic E-state index is 12.5. The lowest BCUT2D eigenvalue weighted by Crippen LogP contribution is -2.29. The SMILES string of the molecule is CC(=O)NC(CC(=O)Nc1ccc(NS(=O)(=O)c2ccc(C)cc2)cc1)c1cccs1. The Bertz CT molecular complexity index is 1140. The van der Waals surface area contributed by atoms with Gasteiger partial charge < -0.3 is 10.6 Å². The highest BCUT2D eigenvalue weighted by Gasteiger charge is 2.18. The number of carbonyl (C=O) groups is 2. The van der Waals surface area contributed by atoms with Crippen LogP contribution in [0.5, 0.6) is 0 Å². The molecule has 2 aromatic carbocycles. The van der Waals surface area contributed by atoms with Crippen LogP contribution in [-0.2, 0) is 19.6 Å². The Balaban J connectivity index is 1.62. The van der Waals surface area contributed by atoms with Gasteiger partial charge in [0.1, 0.15) is 0 Å². The molecule has 0 spiro atoms. The summed E-state index contributed by atoms with van der Waals surface area (Å²) in [6.07, 6.45) is 0.0852. The van der Waals surface area contributed by atoms with Crippen molar-refractivity contribution >= 4 is 44.5 Å². The van der Waals surface area contributed by atoms with Gasteiger partial charge in [-0.25, -0.2) is 8.42 Å². The van der Waals surface area contributed by atoms with Gasteiger partial charge in [-0.05, 0) is 54.8 Å². The van der Waals surface area contributed by atoms with Crippen molar-refractivity contribution in [3.05, 3.63) is 76.5 Å². The number of anilines is 2. The van der Waals surface area contributed by atoms with Gasteiger partial charge in [0.2, 0.25) is 11.8 Å². The molecule has 2 amide bonds. The molecule has 1 atom stereocenters. The van der Waals surface area contributed by atoms with E-state index >= 15 is 0 Å². The summed E-state index contributed by atoms with van der Waals surface area (Å²) < 4.78 is 27.5. The summed E-state index contributed by atoms with van der Waals surface area (Å²) in [6.45, 7) is 3.30. The highest BCUT2D eigenvalue weighted by molar-refractivity contribution is 7.92. The van der Waals surface area contributed by atoms with Crippen molar-refractivity contribution in [2.75, 3.05) is 10.0 Å². The molecule has 31 heavy (non-hydrogen) atoms. The van der Waals surface area contributed by atoms with Gasteiger partial charge in [0.15, 0.2) is 0 Å². The first-order valence-electron chi connectivity index (χ1n) is 9.53. The number of amides is 2. The summed E-state index contributed by atoms with van der Waals surface area (Å²) in [5.41, 5.74) is 1.88. The van der Waals surface area contributed by atoms with Crippen LogP contribution < -0.4 is 15.4 Å². The molecule has 162 valence electrons. The number of hydrogen-bond acceptors (Lipinski definition) is 5. The zero-order chi connectivity index (χ0) is 22.4. The number of hydrogen-bond donors (Lipinski definition) is 3. The standard InChI is InChI=1S/C22H23N3O4S2/c1-15-5-11-19(12-6-15)31(28,29)25-18-9-7-17(8-10-18)24-22(27)14-20(23-16(2)26)21-4-3-13-30-21/h3-13,20,25H,14H2,1-2H3,(H,23,26)(H,24,27). The van der Waals surface area contributed by atoms with Crippen LogP contribution in [0.25, 0.3) is 0 Å². The van der Waals surface area contributed by atoms with Gasteiger partial charge in [0.25, 0.3) is 10.0 Å². The van der Waals surface area contributed by atoms with Crippen molar-refractivity contribution in [1.29, 1.82) is 0 Å². The van der Waals surface area contributed by atoms with E-state index in [0.717, 1.165) is 10.4 Å². The fourth-order valence-electron chi connectivity index (χ4n) is 2.91. The van der Waals surface area contributed by atoms with E-state index in [4.69, 9.17) is 0 Å². The quantitative estimate of drug-likeness (QED) is 0.474. The van der Waals surface area contributed by atoms with Crippen LogP contribution in [0.2, 0.25) is 0 Å². The molecule has 1 unspecified atom stereocenters. The second-order valence-electron chi connectivity index (χ2n) is 7.02. The Morgan fingerprint density at radius 2 is 1.61 bits per heavy atom. The molecular formula is C22H23N3O4S2. The fraction of sp³-hybridized carbons (Fsp3) is 0.182. The molecule has 0 aliphatic rings. The lowest BCUT2D eigenvalue weighted by Gasteiger charge is -2.16.